The number of aliphatic hydroxyl groups is 1. The topological polar surface area (TPSA) is 87.8 Å². The van der Waals surface area contributed by atoms with E-state index in [2.05, 4.69) is 15.0 Å². The second-order valence-corrected chi connectivity index (χ2v) is 3.24. The minimum Gasteiger partial charge on any atom is -0.387 e. The Kier molecular flexibility index (Phi) is 2.37. The lowest BCUT2D eigenvalue weighted by Gasteiger charge is -2.05. The Hall–Kier alpha value is -1.17. The average molecular weight is 213 g/mol. The number of nitrogens with one attached hydrogen (secondary N) is 1. The van der Waals surface area contributed by atoms with Crippen molar-refractivity contribution in [2.75, 3.05) is 6.54 Å². The van der Waals surface area contributed by atoms with Gasteiger partial charge in [0.15, 0.2) is 0 Å². The van der Waals surface area contributed by atoms with E-state index in [-0.39, 0.29) is 6.54 Å². The lowest BCUT2D eigenvalue weighted by Crippen LogP contribution is -2.11. The van der Waals surface area contributed by atoms with Crippen molar-refractivity contribution < 1.29 is 5.11 Å². The molecule has 0 bridgehead atoms. The van der Waals surface area contributed by atoms with E-state index in [1.807, 2.05) is 0 Å². The third kappa shape index (κ3) is 1.35. The molecule has 2 aromatic heterocycles. The Labute approximate surface area is 84.9 Å². The van der Waals surface area contributed by atoms with Crippen molar-refractivity contribution in [1.82, 2.24) is 15.0 Å². The molecule has 5 nitrogen and oxygen atoms in total. The van der Waals surface area contributed by atoms with Crippen LogP contribution in [0, 0.1) is 0 Å². The SMILES string of the molecule is NC[C@H](O)c1c[nH]c2ncnc(Cl)c12. The molecule has 0 spiro atoms. The molecule has 0 aliphatic rings. The number of halogens is 1. The largest absolute Gasteiger partial charge is 0.387 e. The number of aromatic nitrogens is 3. The van der Waals surface area contributed by atoms with Crippen LogP contribution in [-0.2, 0) is 0 Å². The summed E-state index contributed by atoms with van der Waals surface area (Å²) in [5.74, 6) is 0. The fourth-order valence-corrected chi connectivity index (χ4v) is 1.58. The summed E-state index contributed by atoms with van der Waals surface area (Å²) in [5, 5.41) is 10.5. The van der Waals surface area contributed by atoms with Crippen LogP contribution in [0.25, 0.3) is 11.0 Å². The van der Waals surface area contributed by atoms with E-state index >= 15 is 0 Å². The van der Waals surface area contributed by atoms with Crippen LogP contribution < -0.4 is 5.73 Å². The highest BCUT2D eigenvalue weighted by Crippen LogP contribution is 2.26. The summed E-state index contributed by atoms with van der Waals surface area (Å²) in [6.07, 6.45) is 2.26. The Morgan fingerprint density at radius 1 is 1.57 bits per heavy atom. The average Bonchev–Trinajstić information content (AvgIpc) is 2.62. The second-order valence-electron chi connectivity index (χ2n) is 2.88. The standard InChI is InChI=1S/C8H9ClN4O/c9-7-6-4(5(14)1-10)2-11-8(6)13-3-12-7/h2-3,5,14H,1,10H2,(H,11,12,13)/t5-/m0/s1. The van der Waals surface area contributed by atoms with Crippen LogP contribution >= 0.6 is 11.6 Å². The molecule has 14 heavy (non-hydrogen) atoms. The molecule has 0 aliphatic carbocycles. The third-order valence-corrected chi connectivity index (χ3v) is 2.32. The van der Waals surface area contributed by atoms with Gasteiger partial charge in [0.2, 0.25) is 0 Å². The van der Waals surface area contributed by atoms with Crippen LogP contribution in [0.4, 0.5) is 0 Å². The van der Waals surface area contributed by atoms with E-state index in [9.17, 15) is 5.11 Å². The second kappa shape index (κ2) is 3.53. The Morgan fingerprint density at radius 3 is 3.07 bits per heavy atom. The van der Waals surface area contributed by atoms with Crippen molar-refractivity contribution in [2.24, 2.45) is 5.73 Å². The highest BCUT2D eigenvalue weighted by molar-refractivity contribution is 6.34. The predicted molar refractivity (Wildman–Crippen MR) is 52.9 cm³/mol. The molecule has 0 saturated carbocycles. The minimum atomic E-state index is -0.743. The molecule has 4 N–H and O–H groups in total. The summed E-state index contributed by atoms with van der Waals surface area (Å²) in [6, 6.07) is 0. The predicted octanol–water partition coefficient (Wildman–Crippen LogP) is 0.603. The Morgan fingerprint density at radius 2 is 2.36 bits per heavy atom. The van der Waals surface area contributed by atoms with Crippen molar-refractivity contribution in [1.29, 1.82) is 0 Å². The summed E-state index contributed by atoms with van der Waals surface area (Å²) >= 11 is 5.88. The molecule has 0 aromatic carbocycles. The van der Waals surface area contributed by atoms with Gasteiger partial charge < -0.3 is 15.8 Å². The van der Waals surface area contributed by atoms with E-state index in [1.165, 1.54) is 6.33 Å². The van der Waals surface area contributed by atoms with Crippen molar-refractivity contribution in [2.45, 2.75) is 6.10 Å². The number of rotatable bonds is 2. The van der Waals surface area contributed by atoms with Gasteiger partial charge in [-0.05, 0) is 0 Å². The number of hydrogen-bond acceptors (Lipinski definition) is 4. The zero-order chi connectivity index (χ0) is 10.1. The number of nitrogens with zero attached hydrogens (tertiary/aromatic N) is 2. The number of H-pyrrole nitrogens is 1. The van der Waals surface area contributed by atoms with Gasteiger partial charge in [-0.25, -0.2) is 9.97 Å². The minimum absolute atomic E-state index is 0.137. The first-order valence-electron chi connectivity index (χ1n) is 4.09. The molecule has 2 rings (SSSR count). The number of nitrogens with two attached hydrogens (primary N) is 1. The Bertz CT molecular complexity index is 456. The molecule has 0 fully saturated rings. The fourth-order valence-electron chi connectivity index (χ4n) is 1.34. The summed E-state index contributed by atoms with van der Waals surface area (Å²) in [7, 11) is 0. The van der Waals surface area contributed by atoms with Crippen LogP contribution in [0.5, 0.6) is 0 Å². The number of aromatic amines is 1. The van der Waals surface area contributed by atoms with Crippen LogP contribution in [0.15, 0.2) is 12.5 Å². The molecule has 0 amide bonds. The normalized spacial score (nSPS) is 13.4. The first-order chi connectivity index (χ1) is 6.74. The molecule has 0 radical (unpaired) electrons. The molecule has 6 heteroatoms. The number of fused-ring (bicyclic) bond motifs is 1. The molecule has 0 saturated heterocycles. The van der Waals surface area contributed by atoms with Gasteiger partial charge in [0.05, 0.1) is 11.5 Å². The summed E-state index contributed by atoms with van der Waals surface area (Å²) in [5.41, 5.74) is 6.59. The molecule has 0 aliphatic heterocycles. The van der Waals surface area contributed by atoms with Crippen LogP contribution in [0.1, 0.15) is 11.7 Å². The molecule has 0 unspecified atom stereocenters. The highest BCUT2D eigenvalue weighted by atomic mass is 35.5. The third-order valence-electron chi connectivity index (χ3n) is 2.04. The first kappa shape index (κ1) is 9.39. The van der Waals surface area contributed by atoms with Crippen LogP contribution in [0.3, 0.4) is 0 Å². The lowest BCUT2D eigenvalue weighted by molar-refractivity contribution is 0.188. The van der Waals surface area contributed by atoms with Gasteiger partial charge in [0.25, 0.3) is 0 Å². The van der Waals surface area contributed by atoms with Gasteiger partial charge in [0, 0.05) is 18.3 Å². The molecule has 2 aromatic rings. The lowest BCUT2D eigenvalue weighted by atomic mass is 10.1. The van der Waals surface area contributed by atoms with E-state index < -0.39 is 6.10 Å². The summed E-state index contributed by atoms with van der Waals surface area (Å²) in [4.78, 5) is 10.7. The number of hydrogen-bond donors (Lipinski definition) is 3. The van der Waals surface area contributed by atoms with Gasteiger partial charge in [-0.15, -0.1) is 0 Å². The van der Waals surface area contributed by atoms with E-state index in [0.29, 0.717) is 21.7 Å². The van der Waals surface area contributed by atoms with Crippen LogP contribution in [0.2, 0.25) is 5.15 Å². The molecule has 2 heterocycles. The van der Waals surface area contributed by atoms with Crippen molar-refractivity contribution >= 4 is 22.6 Å². The molecular formula is C8H9ClN4O. The summed E-state index contributed by atoms with van der Waals surface area (Å²) < 4.78 is 0. The maximum absolute atomic E-state index is 9.58. The maximum Gasteiger partial charge on any atom is 0.142 e. The monoisotopic (exact) mass is 212 g/mol. The van der Waals surface area contributed by atoms with E-state index in [4.69, 9.17) is 17.3 Å². The van der Waals surface area contributed by atoms with Crippen LogP contribution in [-0.4, -0.2) is 26.6 Å². The number of aliphatic hydroxyl groups excluding tert-OH is 1. The van der Waals surface area contributed by atoms with Crippen molar-refractivity contribution in [3.05, 3.63) is 23.2 Å². The zero-order valence-corrected chi connectivity index (χ0v) is 7.99. The summed E-state index contributed by atoms with van der Waals surface area (Å²) in [6.45, 7) is 0.137. The van der Waals surface area contributed by atoms with Gasteiger partial charge in [-0.2, -0.15) is 0 Å². The van der Waals surface area contributed by atoms with E-state index in [1.54, 1.807) is 6.20 Å². The van der Waals surface area contributed by atoms with Gasteiger partial charge >= 0.3 is 0 Å². The van der Waals surface area contributed by atoms with E-state index in [0.717, 1.165) is 0 Å². The van der Waals surface area contributed by atoms with Gasteiger partial charge in [0.1, 0.15) is 17.1 Å². The highest BCUT2D eigenvalue weighted by Gasteiger charge is 2.14. The Balaban J connectivity index is 2.67. The zero-order valence-electron chi connectivity index (χ0n) is 7.24. The van der Waals surface area contributed by atoms with Crippen molar-refractivity contribution in [3.8, 4) is 0 Å². The maximum atomic E-state index is 9.58. The molecule has 1 atom stereocenters. The molecule has 74 valence electrons. The fraction of sp³-hybridized carbons (Fsp3) is 0.250. The molecular weight excluding hydrogens is 204 g/mol. The van der Waals surface area contributed by atoms with Crippen molar-refractivity contribution in [3.63, 3.8) is 0 Å². The quantitative estimate of drug-likeness (QED) is 0.637. The van der Waals surface area contributed by atoms with Gasteiger partial charge in [-0.1, -0.05) is 11.6 Å². The first-order valence-corrected chi connectivity index (χ1v) is 4.47. The smallest absolute Gasteiger partial charge is 0.142 e. The van der Waals surface area contributed by atoms with Gasteiger partial charge in [-0.3, -0.25) is 0 Å².